The van der Waals surface area contributed by atoms with Crippen LogP contribution in [0.2, 0.25) is 0 Å². The Balaban J connectivity index is 1.33. The van der Waals surface area contributed by atoms with E-state index in [1.807, 2.05) is 20.8 Å². The molecule has 2 saturated heterocycles. The number of pyridine rings is 1. The summed E-state index contributed by atoms with van der Waals surface area (Å²) in [5.74, 6) is 4.91. The van der Waals surface area contributed by atoms with Crippen molar-refractivity contribution in [3.63, 3.8) is 0 Å². The Labute approximate surface area is 249 Å². The first-order valence-electron chi connectivity index (χ1n) is 13.5. The average molecular weight is 619 g/mol. The molecule has 0 radical (unpaired) electrons. The lowest BCUT2D eigenvalue weighted by Crippen LogP contribution is -2.65. The summed E-state index contributed by atoms with van der Waals surface area (Å²) in [5.41, 5.74) is -5.03. The number of imidazole rings is 1. The van der Waals surface area contributed by atoms with Crippen LogP contribution in [0.3, 0.4) is 0 Å². The van der Waals surface area contributed by atoms with Gasteiger partial charge in [0.05, 0.1) is 54.9 Å². The van der Waals surface area contributed by atoms with Gasteiger partial charge in [-0.3, -0.25) is 18.8 Å². The number of rotatable bonds is 6. The number of hydrogen-bond acceptors (Lipinski definition) is 8. The summed E-state index contributed by atoms with van der Waals surface area (Å²) in [6.45, 7) is 6.64. The Kier molecular flexibility index (Phi) is 8.35. The molecule has 15 heteroatoms. The zero-order chi connectivity index (χ0) is 31.0. The number of halogens is 4. The topological polar surface area (TPSA) is 113 Å². The number of ether oxygens (including phenoxy) is 1. The number of piperidine rings is 1. The van der Waals surface area contributed by atoms with E-state index in [2.05, 4.69) is 38.6 Å². The third-order valence-electron chi connectivity index (χ3n) is 7.27. The molecule has 0 unspecified atom stereocenters. The van der Waals surface area contributed by atoms with Crippen molar-refractivity contribution < 1.29 is 27.1 Å². The largest absolute Gasteiger partial charge is 0.447 e. The molecule has 0 spiro atoms. The summed E-state index contributed by atoms with van der Waals surface area (Å²) >= 11 is -0.352. The number of fused-ring (bicyclic) bond motifs is 1. The third-order valence-corrected chi connectivity index (χ3v) is 8.09. The molecule has 3 aromatic rings. The van der Waals surface area contributed by atoms with Crippen molar-refractivity contribution in [2.75, 3.05) is 38.2 Å². The van der Waals surface area contributed by atoms with Crippen molar-refractivity contribution in [3.05, 3.63) is 42.0 Å². The van der Waals surface area contributed by atoms with Crippen molar-refractivity contribution in [2.24, 2.45) is 0 Å². The van der Waals surface area contributed by atoms with E-state index in [1.165, 1.54) is 16.8 Å². The number of carbonyl (C=O) groups excluding carboxylic acids is 1. The molecule has 0 aliphatic carbocycles. The van der Waals surface area contributed by atoms with Crippen LogP contribution in [0.25, 0.3) is 5.65 Å². The molecule has 0 saturated carbocycles. The van der Waals surface area contributed by atoms with Crippen LogP contribution in [-0.4, -0.2) is 86.1 Å². The Morgan fingerprint density at radius 1 is 1.30 bits per heavy atom. The minimum absolute atomic E-state index is 0.0285. The fraction of sp³-hybridized carbons (Fsp3) is 0.500. The van der Waals surface area contributed by atoms with E-state index in [-0.39, 0.29) is 60.0 Å². The third kappa shape index (κ3) is 6.59. The summed E-state index contributed by atoms with van der Waals surface area (Å²) in [6.07, 6.45) is 3.50. The van der Waals surface area contributed by atoms with E-state index in [9.17, 15) is 23.2 Å². The van der Waals surface area contributed by atoms with Crippen LogP contribution in [0.4, 0.5) is 23.2 Å². The maximum Gasteiger partial charge on any atom is 0.447 e. The summed E-state index contributed by atoms with van der Waals surface area (Å²) in [5, 5.41) is 19.2. The summed E-state index contributed by atoms with van der Waals surface area (Å²) in [7, 11) is 0. The molecular formula is C28H30F4N8O2S. The Bertz CT molecular complexity index is 1610. The molecule has 228 valence electrons. The Morgan fingerprint density at radius 2 is 2.07 bits per heavy atom. The van der Waals surface area contributed by atoms with Crippen molar-refractivity contribution in [1.29, 1.82) is 5.26 Å². The number of hydrogen-bond donors (Lipinski definition) is 2. The van der Waals surface area contributed by atoms with Gasteiger partial charge in [-0.25, -0.2) is 9.37 Å². The van der Waals surface area contributed by atoms with Gasteiger partial charge in [-0.05, 0) is 45.2 Å². The second-order valence-electron chi connectivity index (χ2n) is 11.4. The second kappa shape index (κ2) is 11.7. The van der Waals surface area contributed by atoms with Crippen LogP contribution in [0, 0.1) is 23.2 Å². The highest BCUT2D eigenvalue weighted by molar-refractivity contribution is 8.00. The molecule has 2 aliphatic heterocycles. The number of nitriles is 1. The second-order valence-corrected chi connectivity index (χ2v) is 12.4. The van der Waals surface area contributed by atoms with Crippen LogP contribution in [0.1, 0.15) is 43.2 Å². The zero-order valence-corrected chi connectivity index (χ0v) is 24.5. The van der Waals surface area contributed by atoms with Crippen LogP contribution < -0.4 is 10.6 Å². The summed E-state index contributed by atoms with van der Waals surface area (Å²) < 4.78 is 63.9. The minimum atomic E-state index is -4.62. The van der Waals surface area contributed by atoms with Gasteiger partial charge in [0.2, 0.25) is 0 Å². The van der Waals surface area contributed by atoms with Crippen molar-refractivity contribution in [1.82, 2.24) is 29.4 Å². The van der Waals surface area contributed by atoms with E-state index < -0.39 is 29.2 Å². The Morgan fingerprint density at radius 3 is 2.67 bits per heavy atom. The molecule has 5 rings (SSSR count). The SMILES string of the molecule is CC(C)(C)n1cc(C(=O)NCC#Cc2nc3c(N[C@@H]4CCN(C5(C#N)COC5)C[C@@H]4F)cccn3c2SC(F)(F)F)cn1. The maximum absolute atomic E-state index is 15.3. The van der Waals surface area contributed by atoms with E-state index >= 15 is 4.39 Å². The fourth-order valence-corrected chi connectivity index (χ4v) is 5.54. The minimum Gasteiger partial charge on any atom is -0.376 e. The molecule has 2 aliphatic rings. The predicted molar refractivity (Wildman–Crippen MR) is 151 cm³/mol. The molecule has 2 atom stereocenters. The lowest BCUT2D eigenvalue weighted by Gasteiger charge is -2.48. The number of amides is 1. The number of thioether (sulfide) groups is 1. The highest BCUT2D eigenvalue weighted by atomic mass is 32.2. The molecule has 10 nitrogen and oxygen atoms in total. The van der Waals surface area contributed by atoms with E-state index in [0.29, 0.717) is 24.2 Å². The Hall–Kier alpha value is -3.79. The monoisotopic (exact) mass is 618 g/mol. The highest BCUT2D eigenvalue weighted by Crippen LogP contribution is 2.40. The summed E-state index contributed by atoms with van der Waals surface area (Å²) in [6, 6.07) is 4.76. The van der Waals surface area contributed by atoms with Gasteiger partial charge in [-0.15, -0.1) is 0 Å². The van der Waals surface area contributed by atoms with Crippen LogP contribution in [-0.2, 0) is 10.3 Å². The molecule has 2 N–H and O–H groups in total. The smallest absolute Gasteiger partial charge is 0.376 e. The fourth-order valence-electron chi connectivity index (χ4n) is 4.88. The molecule has 43 heavy (non-hydrogen) atoms. The lowest BCUT2D eigenvalue weighted by molar-refractivity contribution is -0.121. The number of carbonyl (C=O) groups is 1. The highest BCUT2D eigenvalue weighted by Gasteiger charge is 2.48. The molecule has 0 aromatic carbocycles. The number of aromatic nitrogens is 4. The number of likely N-dealkylation sites (tertiary alicyclic amines) is 1. The average Bonchev–Trinajstić information content (AvgIpc) is 3.54. The number of anilines is 1. The normalized spacial score (nSPS) is 20.5. The quantitative estimate of drug-likeness (QED) is 0.244. The van der Waals surface area contributed by atoms with Gasteiger partial charge < -0.3 is 15.4 Å². The molecule has 2 fully saturated rings. The number of nitrogens with zero attached hydrogens (tertiary/aromatic N) is 6. The van der Waals surface area contributed by atoms with E-state index in [0.717, 1.165) is 0 Å². The molecule has 3 aromatic heterocycles. The van der Waals surface area contributed by atoms with Crippen molar-refractivity contribution in [2.45, 2.75) is 61.0 Å². The molecule has 1 amide bonds. The van der Waals surface area contributed by atoms with Crippen molar-refractivity contribution >= 4 is 29.0 Å². The van der Waals surface area contributed by atoms with Crippen molar-refractivity contribution in [3.8, 4) is 17.9 Å². The first-order valence-corrected chi connectivity index (χ1v) is 14.3. The van der Waals surface area contributed by atoms with Gasteiger partial charge >= 0.3 is 5.51 Å². The molecule has 0 bridgehead atoms. The van der Waals surface area contributed by atoms with Gasteiger partial charge in [0.25, 0.3) is 5.91 Å². The van der Waals surface area contributed by atoms with Gasteiger partial charge in [-0.2, -0.15) is 23.5 Å². The standard InChI is InChI=1S/C28H30F4N8O2S/c1-26(2,3)40-13-18(12-35-40)24(41)34-9-4-6-22-25(43-28(30,31)32)39-10-5-7-21(23(39)37-22)36-20-8-11-38(14-19(20)29)27(15-33)16-42-17-27/h5,7,10,12-13,19-20,36H,8-9,11,14,16-17H2,1-3H3,(H,34,41)/t19-,20+/m0/s1. The van der Waals surface area contributed by atoms with Crippen LogP contribution in [0.5, 0.6) is 0 Å². The van der Waals surface area contributed by atoms with E-state index in [4.69, 9.17) is 4.74 Å². The molecular weight excluding hydrogens is 588 g/mol. The van der Waals surface area contributed by atoms with Gasteiger partial charge in [0.15, 0.2) is 11.2 Å². The van der Waals surface area contributed by atoms with Gasteiger partial charge in [0.1, 0.15) is 16.9 Å². The van der Waals surface area contributed by atoms with E-state index in [1.54, 1.807) is 27.9 Å². The number of nitrogens with one attached hydrogen (secondary N) is 2. The van der Waals surface area contributed by atoms with Crippen LogP contribution >= 0.6 is 11.8 Å². The first kappa shape index (κ1) is 30.7. The maximum atomic E-state index is 15.3. The van der Waals surface area contributed by atoms with Crippen LogP contribution in [0.15, 0.2) is 35.7 Å². The predicted octanol–water partition coefficient (Wildman–Crippen LogP) is 3.80. The zero-order valence-electron chi connectivity index (χ0n) is 23.7. The summed E-state index contributed by atoms with van der Waals surface area (Å²) in [4.78, 5) is 18.7. The lowest BCUT2D eigenvalue weighted by atomic mass is 9.92. The van der Waals surface area contributed by atoms with Gasteiger partial charge in [0, 0.05) is 37.2 Å². The first-order chi connectivity index (χ1) is 20.3. The number of alkyl halides is 4. The molecule has 5 heterocycles. The van der Waals surface area contributed by atoms with Gasteiger partial charge in [-0.1, -0.05) is 5.92 Å².